The summed E-state index contributed by atoms with van der Waals surface area (Å²) >= 11 is 0. The fraction of sp³-hybridized carbons (Fsp3) is 0.500. The zero-order valence-electron chi connectivity index (χ0n) is 24.1. The van der Waals surface area contributed by atoms with Gasteiger partial charge in [0, 0.05) is 0 Å². The number of ether oxygens (including phenoxy) is 2. The predicted molar refractivity (Wildman–Crippen MR) is 148 cm³/mol. The average Bonchev–Trinajstić information content (AvgIpc) is 3.77. The number of aromatic nitrogens is 8. The molecule has 29 heteroatoms. The minimum Gasteiger partial charge on any atom is -0.756 e. The van der Waals surface area contributed by atoms with Crippen molar-refractivity contribution in [3.05, 3.63) is 25.3 Å². The number of imidazole rings is 2. The van der Waals surface area contributed by atoms with E-state index in [1.165, 1.54) is 9.13 Å². The zero-order chi connectivity index (χ0) is 35.5. The molecule has 0 aromatic carbocycles. The molecule has 6 heterocycles. The molecule has 8 N–H and O–H groups in total. The van der Waals surface area contributed by atoms with Crippen molar-refractivity contribution in [1.29, 1.82) is 0 Å². The van der Waals surface area contributed by atoms with E-state index in [1.54, 1.807) is 0 Å². The van der Waals surface area contributed by atoms with Gasteiger partial charge in [0.2, 0.25) is 0 Å². The first-order valence-electron chi connectivity index (χ1n) is 13.5. The highest BCUT2D eigenvalue weighted by molar-refractivity contribution is 7.65. The highest BCUT2D eigenvalue weighted by Crippen LogP contribution is 2.63. The highest BCUT2D eigenvalue weighted by atomic mass is 31.3. The maximum Gasteiger partial charge on any atom is 0.280 e. The van der Waals surface area contributed by atoms with Gasteiger partial charge in [0.25, 0.3) is 23.5 Å². The van der Waals surface area contributed by atoms with Gasteiger partial charge in [-0.2, -0.15) is 0 Å². The van der Waals surface area contributed by atoms with E-state index < -0.39 is 85.8 Å². The molecule has 49 heavy (non-hydrogen) atoms. The van der Waals surface area contributed by atoms with Crippen LogP contribution in [0.1, 0.15) is 12.5 Å². The third-order valence-electron chi connectivity index (χ3n) is 7.19. The van der Waals surface area contributed by atoms with E-state index in [0.717, 1.165) is 25.3 Å². The van der Waals surface area contributed by atoms with Crippen LogP contribution in [0.25, 0.3) is 22.3 Å². The number of anilines is 2. The summed E-state index contributed by atoms with van der Waals surface area (Å²) in [6.07, 6.45) is -8.47. The third-order valence-corrected chi connectivity index (χ3v) is 11.3. The number of aliphatic hydroxyl groups is 4. The van der Waals surface area contributed by atoms with Gasteiger partial charge in [0.1, 0.15) is 60.3 Å². The minimum absolute atomic E-state index is 0.00284. The largest absolute Gasteiger partial charge is 0.756 e. The van der Waals surface area contributed by atoms with Crippen molar-refractivity contribution in [2.75, 3.05) is 24.7 Å². The van der Waals surface area contributed by atoms with Crippen LogP contribution >= 0.6 is 23.5 Å². The molecule has 268 valence electrons. The number of rotatable bonds is 12. The molecule has 2 aliphatic heterocycles. The summed E-state index contributed by atoms with van der Waals surface area (Å²) in [6.45, 7) is -2.26. The van der Waals surface area contributed by atoms with E-state index in [0.29, 0.717) is 0 Å². The second kappa shape index (κ2) is 13.2. The molecule has 6 rings (SSSR count). The highest BCUT2D eigenvalue weighted by Gasteiger charge is 2.46. The second-order valence-corrected chi connectivity index (χ2v) is 14.9. The lowest BCUT2D eigenvalue weighted by Gasteiger charge is -2.34. The van der Waals surface area contributed by atoms with Crippen molar-refractivity contribution in [3.63, 3.8) is 0 Å². The molecule has 2 unspecified atom stereocenters. The van der Waals surface area contributed by atoms with Crippen LogP contribution in [0, 0.1) is 0 Å². The summed E-state index contributed by atoms with van der Waals surface area (Å²) in [5, 5.41) is 41.7. The minimum atomic E-state index is -6.31. The quantitative estimate of drug-likeness (QED) is 0.0743. The molecule has 10 atom stereocenters. The van der Waals surface area contributed by atoms with Crippen molar-refractivity contribution in [2.24, 2.45) is 0 Å². The molecule has 0 aliphatic carbocycles. The summed E-state index contributed by atoms with van der Waals surface area (Å²) in [4.78, 5) is 60.1. The van der Waals surface area contributed by atoms with Gasteiger partial charge >= 0.3 is 0 Å². The van der Waals surface area contributed by atoms with Gasteiger partial charge in [0.05, 0.1) is 25.9 Å². The SMILES string of the molecule is Nc1ncnc2c1ncn2[C@@H]1O[C@H](COP(=O)([O-])OP(=O)([O-])OP(=O)([O-])OC[C@H]2O[C@@H](n3cnc4c(N)ncnc43)[C@H](O)[C@@H]2O)[C@@H](O)[C@H]1O. The molecule has 2 saturated heterocycles. The Morgan fingerprint density at radius 1 is 0.653 bits per heavy atom. The first kappa shape index (κ1) is 35.7. The van der Waals surface area contributed by atoms with Gasteiger partial charge in [-0.3, -0.25) is 22.8 Å². The molecule has 0 bridgehead atoms. The number of phosphoric acid groups is 3. The molecule has 26 nitrogen and oxygen atoms in total. The average molecular weight is 753 g/mol. The molecule has 4 aromatic rings. The van der Waals surface area contributed by atoms with E-state index in [4.69, 9.17) is 20.9 Å². The molecule has 0 spiro atoms. The van der Waals surface area contributed by atoms with E-state index in [9.17, 15) is 48.8 Å². The Bertz CT molecular complexity index is 1860. The number of hydrogen-bond acceptors (Lipinski definition) is 24. The Labute approximate surface area is 271 Å². The van der Waals surface area contributed by atoms with Crippen molar-refractivity contribution in [1.82, 2.24) is 39.0 Å². The van der Waals surface area contributed by atoms with Crippen LogP contribution in [0.5, 0.6) is 0 Å². The van der Waals surface area contributed by atoms with Crippen LogP contribution < -0.4 is 26.1 Å². The Balaban J connectivity index is 1.03. The maximum atomic E-state index is 12.3. The lowest BCUT2D eigenvalue weighted by Crippen LogP contribution is -2.34. The summed E-state index contributed by atoms with van der Waals surface area (Å²) < 4.78 is 66.4. The smallest absolute Gasteiger partial charge is 0.280 e. The van der Waals surface area contributed by atoms with Crippen molar-refractivity contribution >= 4 is 57.4 Å². The first-order chi connectivity index (χ1) is 23.0. The van der Waals surface area contributed by atoms with Gasteiger partial charge in [-0.1, -0.05) is 0 Å². The lowest BCUT2D eigenvalue weighted by molar-refractivity contribution is -0.252. The summed E-state index contributed by atoms with van der Waals surface area (Å²) in [5.74, 6) is -0.00568. The van der Waals surface area contributed by atoms with E-state index in [-0.39, 0.29) is 34.0 Å². The fourth-order valence-electron chi connectivity index (χ4n) is 4.94. The van der Waals surface area contributed by atoms with Crippen LogP contribution in [0.4, 0.5) is 11.6 Å². The second-order valence-electron chi connectivity index (χ2n) is 10.4. The van der Waals surface area contributed by atoms with Crippen molar-refractivity contribution in [3.8, 4) is 0 Å². The zero-order valence-corrected chi connectivity index (χ0v) is 26.8. The number of nitrogens with zero attached hydrogens (tertiary/aromatic N) is 8. The Morgan fingerprint density at radius 3 is 1.43 bits per heavy atom. The maximum absolute atomic E-state index is 12.3. The third kappa shape index (κ3) is 7.22. The number of hydrogen-bond donors (Lipinski definition) is 6. The van der Waals surface area contributed by atoms with Gasteiger partial charge in [-0.15, -0.1) is 0 Å². The summed E-state index contributed by atoms with van der Waals surface area (Å²) in [6, 6.07) is 0. The monoisotopic (exact) mass is 753 g/mol. The first-order valence-corrected chi connectivity index (χ1v) is 17.9. The number of phosphoric ester groups is 2. The molecule has 2 fully saturated rings. The summed E-state index contributed by atoms with van der Waals surface area (Å²) in [5.41, 5.74) is 11.9. The van der Waals surface area contributed by atoms with Gasteiger partial charge in [0.15, 0.2) is 35.4 Å². The predicted octanol–water partition coefficient (Wildman–Crippen LogP) is -4.46. The van der Waals surface area contributed by atoms with Crippen molar-refractivity contribution < 1.29 is 75.9 Å². The summed E-state index contributed by atoms with van der Waals surface area (Å²) in [7, 11) is -18.2. The van der Waals surface area contributed by atoms with Gasteiger partial charge in [-0.25, -0.2) is 38.5 Å². The Hall–Kier alpha value is -3.13. The Morgan fingerprint density at radius 2 is 1.04 bits per heavy atom. The van der Waals surface area contributed by atoms with Crippen LogP contribution in [0.2, 0.25) is 0 Å². The van der Waals surface area contributed by atoms with E-state index in [2.05, 4.69) is 47.6 Å². The Kier molecular flexibility index (Phi) is 9.62. The van der Waals surface area contributed by atoms with Crippen LogP contribution in [-0.2, 0) is 40.8 Å². The number of fused-ring (bicyclic) bond motifs is 2. The molecular formula is C20H24N10O16P3-3. The standard InChI is InChI=1S/C20H27N10O16P3/c21-15-9-17(25-3-23-15)29(5-27-9)19-13(33)11(31)7(43-19)1-41-47(35,36)45-49(39,40)46-48(37,38)42-2-8-12(32)14(34)20(44-8)30-6-28-10-16(22)24-4-26-18(10)30/h3-8,11-14,19-20,31-34H,1-2H2,(H,35,36)(H,37,38)(H,39,40)(H2,21,23,25)(H2,22,24,26)/p-3/t7-,8-,11-,12-,13-,14-,19-,20-/m1/s1. The molecule has 0 saturated carbocycles. The normalized spacial score (nSPS) is 31.2. The molecular weight excluding hydrogens is 729 g/mol. The lowest BCUT2D eigenvalue weighted by atomic mass is 10.1. The van der Waals surface area contributed by atoms with Gasteiger partial charge in [-0.05, 0) is 0 Å². The molecule has 0 radical (unpaired) electrons. The van der Waals surface area contributed by atoms with Crippen LogP contribution in [0.15, 0.2) is 25.3 Å². The van der Waals surface area contributed by atoms with Crippen LogP contribution in [-0.4, -0.2) is 109 Å². The van der Waals surface area contributed by atoms with E-state index in [1.807, 2.05) is 0 Å². The molecule has 2 aliphatic rings. The van der Waals surface area contributed by atoms with Gasteiger partial charge < -0.3 is 65.1 Å². The number of aliphatic hydroxyl groups excluding tert-OH is 4. The van der Waals surface area contributed by atoms with Crippen molar-refractivity contribution in [2.45, 2.75) is 49.1 Å². The van der Waals surface area contributed by atoms with E-state index >= 15 is 0 Å². The van der Waals surface area contributed by atoms with Crippen LogP contribution in [0.3, 0.4) is 0 Å². The topological polar surface area (TPSA) is 396 Å². The number of nitrogen functional groups attached to an aromatic ring is 2. The molecule has 4 aromatic heterocycles. The fourth-order valence-corrected chi connectivity index (χ4v) is 8.33. The number of nitrogens with two attached hydrogens (primary N) is 2. The molecule has 0 amide bonds.